The van der Waals surface area contributed by atoms with Crippen molar-refractivity contribution in [3.05, 3.63) is 47.1 Å². The summed E-state index contributed by atoms with van der Waals surface area (Å²) < 4.78 is 12.7. The predicted molar refractivity (Wildman–Crippen MR) is 160 cm³/mol. The minimum absolute atomic E-state index is 0.0174. The number of nitrogens with one attached hydrogen (secondary N) is 1. The quantitative estimate of drug-likeness (QED) is 0.296. The number of hydrogen-bond donors (Lipinski definition) is 2. The number of hydrogen-bond acceptors (Lipinski definition) is 10. The van der Waals surface area contributed by atoms with E-state index in [0.29, 0.717) is 40.0 Å². The van der Waals surface area contributed by atoms with E-state index in [2.05, 4.69) is 51.2 Å². The van der Waals surface area contributed by atoms with Gasteiger partial charge in [0.2, 0.25) is 11.8 Å². The van der Waals surface area contributed by atoms with Crippen molar-refractivity contribution in [2.45, 2.75) is 33.8 Å². The number of nitrogens with two attached hydrogens (primary N) is 1. The van der Waals surface area contributed by atoms with Gasteiger partial charge in [0.15, 0.2) is 0 Å². The van der Waals surface area contributed by atoms with Crippen LogP contribution < -0.4 is 25.4 Å². The van der Waals surface area contributed by atoms with Gasteiger partial charge in [-0.05, 0) is 58.5 Å². The summed E-state index contributed by atoms with van der Waals surface area (Å²) in [4.78, 5) is 31.4. The zero-order valence-electron chi connectivity index (χ0n) is 23.5. The third-order valence-electron chi connectivity index (χ3n) is 6.73. The zero-order valence-corrected chi connectivity index (χ0v) is 24.3. The Labute approximate surface area is 238 Å². The number of aryl methyl sites for hydroxylation is 1. The molecule has 0 spiro atoms. The number of piperazine rings is 1. The first-order valence-corrected chi connectivity index (χ1v) is 14.3. The molecule has 0 bridgehead atoms. The molecule has 3 aromatic heterocycles. The van der Waals surface area contributed by atoms with Gasteiger partial charge >= 0.3 is 0 Å². The van der Waals surface area contributed by atoms with E-state index in [1.54, 1.807) is 18.5 Å². The summed E-state index contributed by atoms with van der Waals surface area (Å²) in [5, 5.41) is 3.37. The Morgan fingerprint density at radius 1 is 1.20 bits per heavy atom. The topological polar surface area (TPSA) is 119 Å². The highest BCUT2D eigenvalue weighted by molar-refractivity contribution is 7.21. The fourth-order valence-corrected chi connectivity index (χ4v) is 5.82. The van der Waals surface area contributed by atoms with E-state index in [0.717, 1.165) is 53.6 Å². The molecule has 11 heteroatoms. The zero-order chi connectivity index (χ0) is 28.4. The van der Waals surface area contributed by atoms with Crippen LogP contribution in [0.15, 0.2) is 36.7 Å². The molecule has 0 radical (unpaired) electrons. The Bertz CT molecular complexity index is 1530. The van der Waals surface area contributed by atoms with Gasteiger partial charge in [-0.2, -0.15) is 0 Å². The number of nitrogens with zero attached hydrogens (tertiary/aromatic N) is 5. The first-order chi connectivity index (χ1) is 19.2. The molecule has 4 aromatic rings. The Morgan fingerprint density at radius 3 is 2.67 bits per heavy atom. The number of fused-ring (bicyclic) bond motifs is 1. The van der Waals surface area contributed by atoms with Crippen molar-refractivity contribution in [2.24, 2.45) is 5.73 Å². The van der Waals surface area contributed by atoms with Crippen LogP contribution >= 0.6 is 11.3 Å². The molecule has 1 aromatic carbocycles. The fraction of sp³-hybridized carbons (Fsp3) is 0.379. The number of likely N-dealkylation sites (N-methyl/N-ethyl adjacent to an activating group) is 1. The number of amides is 1. The summed E-state index contributed by atoms with van der Waals surface area (Å²) in [6, 6.07) is 7.84. The standard InChI is InChI=1S/C29H35N7O3S/c1-6-38-28-19(8-7-9-31-28)24-25-23(40-26(24)27(30)37)16-32-29(34-25)33-20-14-18(4)21(15-22(20)39-17(2)3)36-12-10-35(5)11-13-36/h7-9,14-17H,6,10-13H2,1-5H3,(H2,30,37)(H,32,33,34). The summed E-state index contributed by atoms with van der Waals surface area (Å²) >= 11 is 1.26. The number of ether oxygens (including phenoxy) is 2. The molecule has 1 saturated heterocycles. The SMILES string of the molecule is CCOc1ncccc1-c1c(C(N)=O)sc2cnc(Nc3cc(C)c(N4CCN(C)CC4)cc3OC(C)C)nc12. The number of rotatable bonds is 9. The highest BCUT2D eigenvalue weighted by atomic mass is 32.1. The Kier molecular flexibility index (Phi) is 8.04. The van der Waals surface area contributed by atoms with E-state index < -0.39 is 5.91 Å². The molecule has 0 aliphatic carbocycles. The molecule has 5 rings (SSSR count). The second-order valence-electron chi connectivity index (χ2n) is 10.1. The summed E-state index contributed by atoms with van der Waals surface area (Å²) in [6.07, 6.45) is 3.34. The first kappa shape index (κ1) is 27.6. The van der Waals surface area contributed by atoms with Crippen LogP contribution in [0.1, 0.15) is 36.0 Å². The third kappa shape index (κ3) is 5.66. The molecular formula is C29H35N7O3S. The fourth-order valence-electron chi connectivity index (χ4n) is 4.84. The van der Waals surface area contributed by atoms with Crippen molar-refractivity contribution in [1.29, 1.82) is 0 Å². The van der Waals surface area contributed by atoms with Gasteiger partial charge in [0.1, 0.15) is 10.6 Å². The highest BCUT2D eigenvalue weighted by Gasteiger charge is 2.24. The van der Waals surface area contributed by atoms with Gasteiger partial charge in [0.25, 0.3) is 5.91 Å². The first-order valence-electron chi connectivity index (χ1n) is 13.4. The Morgan fingerprint density at radius 2 is 1.98 bits per heavy atom. The van der Waals surface area contributed by atoms with Crippen molar-refractivity contribution in [3.8, 4) is 22.8 Å². The molecule has 1 aliphatic heterocycles. The number of thiophene rings is 1. The smallest absolute Gasteiger partial charge is 0.259 e. The van der Waals surface area contributed by atoms with Crippen LogP contribution in [0, 0.1) is 6.92 Å². The average molecular weight is 562 g/mol. The number of carbonyl (C=O) groups excluding carboxylic acids is 1. The van der Waals surface area contributed by atoms with Crippen molar-refractivity contribution < 1.29 is 14.3 Å². The van der Waals surface area contributed by atoms with Gasteiger partial charge < -0.3 is 30.3 Å². The van der Waals surface area contributed by atoms with Gasteiger partial charge in [-0.25, -0.2) is 15.0 Å². The number of primary amides is 1. The monoisotopic (exact) mass is 561 g/mol. The molecule has 1 aliphatic rings. The van der Waals surface area contributed by atoms with Crippen molar-refractivity contribution in [3.63, 3.8) is 0 Å². The van der Waals surface area contributed by atoms with Gasteiger partial charge in [-0.1, -0.05) is 0 Å². The molecule has 4 heterocycles. The number of aromatic nitrogens is 3. The van der Waals surface area contributed by atoms with Crippen LogP contribution in [-0.2, 0) is 0 Å². The normalized spacial score (nSPS) is 14.1. The van der Waals surface area contributed by atoms with E-state index in [-0.39, 0.29) is 6.10 Å². The molecule has 210 valence electrons. The minimum atomic E-state index is -0.540. The van der Waals surface area contributed by atoms with Gasteiger partial charge in [-0.15, -0.1) is 11.3 Å². The van der Waals surface area contributed by atoms with Crippen molar-refractivity contribution in [1.82, 2.24) is 19.9 Å². The van der Waals surface area contributed by atoms with E-state index in [1.165, 1.54) is 11.3 Å². The lowest BCUT2D eigenvalue weighted by Crippen LogP contribution is -2.44. The lowest BCUT2D eigenvalue weighted by atomic mass is 10.1. The Hall–Kier alpha value is -3.96. The van der Waals surface area contributed by atoms with Crippen LogP contribution in [0.2, 0.25) is 0 Å². The second kappa shape index (κ2) is 11.6. The van der Waals surface area contributed by atoms with E-state index in [9.17, 15) is 4.79 Å². The van der Waals surface area contributed by atoms with E-state index in [1.807, 2.05) is 26.8 Å². The number of anilines is 3. The maximum Gasteiger partial charge on any atom is 0.259 e. The lowest BCUT2D eigenvalue weighted by Gasteiger charge is -2.35. The molecule has 0 atom stereocenters. The predicted octanol–water partition coefficient (Wildman–Crippen LogP) is 4.84. The van der Waals surface area contributed by atoms with Crippen molar-refractivity contribution >= 4 is 44.8 Å². The minimum Gasteiger partial charge on any atom is -0.489 e. The van der Waals surface area contributed by atoms with Gasteiger partial charge in [0, 0.05) is 55.3 Å². The molecule has 1 amide bonds. The highest BCUT2D eigenvalue weighted by Crippen LogP contribution is 2.42. The molecule has 40 heavy (non-hydrogen) atoms. The van der Waals surface area contributed by atoms with Crippen LogP contribution in [0.3, 0.4) is 0 Å². The molecule has 3 N–H and O–H groups in total. The summed E-state index contributed by atoms with van der Waals surface area (Å²) in [6.45, 7) is 12.4. The Balaban J connectivity index is 1.57. The molecule has 0 unspecified atom stereocenters. The summed E-state index contributed by atoms with van der Waals surface area (Å²) in [7, 11) is 2.15. The maximum absolute atomic E-state index is 12.5. The summed E-state index contributed by atoms with van der Waals surface area (Å²) in [5.74, 6) is 0.988. The molecule has 1 fully saturated rings. The van der Waals surface area contributed by atoms with Crippen molar-refractivity contribution in [2.75, 3.05) is 50.1 Å². The van der Waals surface area contributed by atoms with Crippen LogP contribution in [0.25, 0.3) is 21.3 Å². The summed E-state index contributed by atoms with van der Waals surface area (Å²) in [5.41, 5.74) is 10.7. The molecule has 10 nitrogen and oxygen atoms in total. The number of benzene rings is 1. The third-order valence-corrected chi connectivity index (χ3v) is 7.86. The average Bonchev–Trinajstić information content (AvgIpc) is 3.30. The largest absolute Gasteiger partial charge is 0.489 e. The number of pyridine rings is 1. The van der Waals surface area contributed by atoms with E-state index >= 15 is 0 Å². The van der Waals surface area contributed by atoms with Crippen LogP contribution in [-0.4, -0.2) is 71.7 Å². The molecule has 0 saturated carbocycles. The van der Waals surface area contributed by atoms with Crippen LogP contribution in [0.4, 0.5) is 17.3 Å². The molecular weight excluding hydrogens is 526 g/mol. The maximum atomic E-state index is 12.5. The van der Waals surface area contributed by atoms with E-state index in [4.69, 9.17) is 20.2 Å². The van der Waals surface area contributed by atoms with Crippen LogP contribution in [0.5, 0.6) is 11.6 Å². The van der Waals surface area contributed by atoms with Gasteiger partial charge in [-0.3, -0.25) is 4.79 Å². The van der Waals surface area contributed by atoms with Gasteiger partial charge in [0.05, 0.1) is 34.8 Å². The lowest BCUT2D eigenvalue weighted by molar-refractivity contribution is 0.100. The second-order valence-corrected chi connectivity index (χ2v) is 11.1. The number of carbonyl (C=O) groups is 1.